The molecule has 3 aromatic carbocycles. The number of nitrogens with two attached hydrogens (primary N) is 2. The Morgan fingerprint density at radius 2 is 1.61 bits per heavy atom. The molecule has 8 nitrogen and oxygen atoms in total. The SMILES string of the molecule is COc1c(-c2ccccc2)cc2c(c1OC)CC[n+]1c-2cc2cc(CO)c(CO)cc2c1N=C(N)N. The number of ether oxygens (including phenoxy) is 2. The van der Waals surface area contributed by atoms with E-state index in [2.05, 4.69) is 21.7 Å². The van der Waals surface area contributed by atoms with E-state index in [1.54, 1.807) is 14.2 Å². The van der Waals surface area contributed by atoms with Gasteiger partial charge in [0, 0.05) is 23.1 Å². The molecule has 184 valence electrons. The van der Waals surface area contributed by atoms with Gasteiger partial charge in [0.1, 0.15) is 5.69 Å². The van der Waals surface area contributed by atoms with Crippen LogP contribution in [0.25, 0.3) is 33.2 Å². The Balaban J connectivity index is 1.88. The van der Waals surface area contributed by atoms with Crippen LogP contribution in [-0.4, -0.2) is 30.4 Å². The molecule has 8 heteroatoms. The Morgan fingerprint density at radius 3 is 2.25 bits per heavy atom. The van der Waals surface area contributed by atoms with Gasteiger partial charge in [-0.3, -0.25) is 0 Å². The van der Waals surface area contributed by atoms with Crippen LogP contribution < -0.4 is 25.5 Å². The molecule has 2 heterocycles. The third-order valence-corrected chi connectivity index (χ3v) is 6.72. The number of aliphatic hydroxyl groups is 2. The second kappa shape index (κ2) is 9.49. The van der Waals surface area contributed by atoms with Crippen molar-refractivity contribution in [2.24, 2.45) is 16.5 Å². The van der Waals surface area contributed by atoms with Gasteiger partial charge in [-0.15, -0.1) is 0 Å². The van der Waals surface area contributed by atoms with Crippen LogP contribution in [-0.2, 0) is 26.2 Å². The lowest BCUT2D eigenvalue weighted by molar-refractivity contribution is -0.673. The fourth-order valence-electron chi connectivity index (χ4n) is 5.12. The number of aromatic nitrogens is 1. The van der Waals surface area contributed by atoms with Crippen molar-refractivity contribution in [3.63, 3.8) is 0 Å². The highest BCUT2D eigenvalue weighted by Crippen LogP contribution is 2.47. The fourth-order valence-corrected chi connectivity index (χ4v) is 5.12. The Bertz CT molecular complexity index is 1500. The number of hydrogen-bond donors (Lipinski definition) is 4. The molecule has 1 aromatic heterocycles. The summed E-state index contributed by atoms with van der Waals surface area (Å²) in [5.41, 5.74) is 17.8. The molecule has 1 aliphatic heterocycles. The molecule has 1 aliphatic rings. The number of fused-ring (bicyclic) bond motifs is 4. The number of pyridine rings is 1. The minimum atomic E-state index is -0.199. The summed E-state index contributed by atoms with van der Waals surface area (Å²) in [6, 6.07) is 17.9. The van der Waals surface area contributed by atoms with E-state index < -0.39 is 0 Å². The van der Waals surface area contributed by atoms with E-state index in [1.165, 1.54) is 0 Å². The zero-order valence-corrected chi connectivity index (χ0v) is 20.3. The maximum atomic E-state index is 9.89. The summed E-state index contributed by atoms with van der Waals surface area (Å²) in [7, 11) is 3.31. The van der Waals surface area contributed by atoms with Crippen LogP contribution in [0, 0.1) is 0 Å². The average Bonchev–Trinajstić information content (AvgIpc) is 2.91. The molecule has 0 aliphatic carbocycles. The van der Waals surface area contributed by atoms with Gasteiger partial charge < -0.3 is 31.2 Å². The minimum absolute atomic E-state index is 0.0583. The van der Waals surface area contributed by atoms with Gasteiger partial charge >= 0.3 is 11.8 Å². The predicted octanol–water partition coefficient (Wildman–Crippen LogP) is 2.92. The van der Waals surface area contributed by atoms with Crippen LogP contribution in [0.5, 0.6) is 11.5 Å². The fraction of sp³-hybridized carbons (Fsp3) is 0.214. The van der Waals surface area contributed by atoms with E-state index >= 15 is 0 Å². The number of aliphatic hydroxyl groups excluding tert-OH is 2. The van der Waals surface area contributed by atoms with E-state index in [1.807, 2.05) is 42.5 Å². The van der Waals surface area contributed by atoms with E-state index in [4.69, 9.17) is 20.9 Å². The lowest BCUT2D eigenvalue weighted by Crippen LogP contribution is -2.41. The van der Waals surface area contributed by atoms with E-state index in [9.17, 15) is 10.2 Å². The third kappa shape index (κ3) is 3.80. The van der Waals surface area contributed by atoms with E-state index in [0.29, 0.717) is 41.4 Å². The number of methoxy groups -OCH3 is 2. The molecule has 0 spiro atoms. The highest BCUT2D eigenvalue weighted by Gasteiger charge is 2.31. The van der Waals surface area contributed by atoms with Crippen LogP contribution in [0.15, 0.2) is 59.6 Å². The van der Waals surface area contributed by atoms with Gasteiger partial charge in [0.15, 0.2) is 11.5 Å². The first-order chi connectivity index (χ1) is 17.5. The quantitative estimate of drug-likeness (QED) is 0.189. The zero-order chi connectivity index (χ0) is 25.4. The maximum absolute atomic E-state index is 9.89. The highest BCUT2D eigenvalue weighted by atomic mass is 16.5. The lowest BCUT2D eigenvalue weighted by atomic mass is 9.89. The average molecular weight is 486 g/mol. The van der Waals surface area contributed by atoms with Crippen LogP contribution in [0.2, 0.25) is 0 Å². The molecule has 0 atom stereocenters. The van der Waals surface area contributed by atoms with E-state index in [0.717, 1.165) is 38.7 Å². The molecule has 0 saturated carbocycles. The Hall–Kier alpha value is -4.14. The van der Waals surface area contributed by atoms with Gasteiger partial charge in [0.25, 0.3) is 0 Å². The van der Waals surface area contributed by atoms with Crippen molar-refractivity contribution < 1.29 is 24.3 Å². The normalized spacial score (nSPS) is 12.1. The predicted molar refractivity (Wildman–Crippen MR) is 139 cm³/mol. The van der Waals surface area contributed by atoms with Crippen molar-refractivity contribution in [1.82, 2.24) is 0 Å². The molecule has 0 amide bonds. The molecular formula is C28H29N4O4+. The molecule has 5 rings (SSSR count). The molecule has 0 saturated heterocycles. The van der Waals surface area contributed by atoms with Gasteiger partial charge in [-0.25, -0.2) is 4.57 Å². The Labute approximate surface area is 209 Å². The number of rotatable bonds is 6. The van der Waals surface area contributed by atoms with Crippen LogP contribution in [0.3, 0.4) is 0 Å². The maximum Gasteiger partial charge on any atom is 0.335 e. The first-order valence-electron chi connectivity index (χ1n) is 11.7. The topological polar surface area (TPSA) is 127 Å². The smallest absolute Gasteiger partial charge is 0.335 e. The minimum Gasteiger partial charge on any atom is -0.493 e. The van der Waals surface area contributed by atoms with E-state index in [-0.39, 0.29) is 19.2 Å². The lowest BCUT2D eigenvalue weighted by Gasteiger charge is -2.25. The first-order valence-corrected chi connectivity index (χ1v) is 11.7. The van der Waals surface area contributed by atoms with Crippen LogP contribution in [0.4, 0.5) is 5.82 Å². The summed E-state index contributed by atoms with van der Waals surface area (Å²) in [6.07, 6.45) is 0.682. The summed E-state index contributed by atoms with van der Waals surface area (Å²) >= 11 is 0. The summed E-state index contributed by atoms with van der Waals surface area (Å²) in [6.45, 7) is 0.230. The number of aliphatic imine (C=N–C) groups is 1. The third-order valence-electron chi connectivity index (χ3n) is 6.72. The molecule has 6 N–H and O–H groups in total. The van der Waals surface area contributed by atoms with Crippen molar-refractivity contribution in [3.8, 4) is 33.9 Å². The summed E-state index contributed by atoms with van der Waals surface area (Å²) in [5.74, 6) is 1.94. The summed E-state index contributed by atoms with van der Waals surface area (Å²) < 4.78 is 13.8. The van der Waals surface area contributed by atoms with Crippen molar-refractivity contribution in [2.45, 2.75) is 26.2 Å². The molecule has 4 aromatic rings. The van der Waals surface area contributed by atoms with Gasteiger partial charge in [0.2, 0.25) is 0 Å². The van der Waals surface area contributed by atoms with Crippen molar-refractivity contribution in [2.75, 3.05) is 14.2 Å². The number of hydrogen-bond acceptors (Lipinski definition) is 5. The number of nitrogens with zero attached hydrogens (tertiary/aromatic N) is 2. The molecule has 0 bridgehead atoms. The van der Waals surface area contributed by atoms with Crippen molar-refractivity contribution in [3.05, 3.63) is 71.3 Å². The highest BCUT2D eigenvalue weighted by molar-refractivity contribution is 5.96. The van der Waals surface area contributed by atoms with Crippen molar-refractivity contribution in [1.29, 1.82) is 0 Å². The number of guanidine groups is 1. The Kier molecular flexibility index (Phi) is 6.22. The second-order valence-electron chi connectivity index (χ2n) is 8.70. The largest absolute Gasteiger partial charge is 0.493 e. The van der Waals surface area contributed by atoms with Crippen LogP contribution in [0.1, 0.15) is 16.7 Å². The molecule has 0 fully saturated rings. The monoisotopic (exact) mass is 485 g/mol. The molecule has 0 unspecified atom stereocenters. The zero-order valence-electron chi connectivity index (χ0n) is 20.3. The van der Waals surface area contributed by atoms with Gasteiger partial charge in [-0.1, -0.05) is 30.3 Å². The number of benzene rings is 3. The standard InChI is InChI=1S/C28H28N4O4/c1-35-25-20-8-9-32-24(23(20)13-21(26(25)36-2)16-6-4-3-5-7-16)12-17-10-18(14-33)19(15-34)11-22(17)27(32)31-28(29)30/h3-7,10-13,33-34H,8-9,14-15H2,1-2H3,(H3,29,30)/p+1. The summed E-state index contributed by atoms with van der Waals surface area (Å²) in [4.78, 5) is 4.50. The second-order valence-corrected chi connectivity index (χ2v) is 8.70. The van der Waals surface area contributed by atoms with Gasteiger partial charge in [0.05, 0.1) is 39.4 Å². The van der Waals surface area contributed by atoms with Gasteiger partial charge in [-0.2, -0.15) is 0 Å². The van der Waals surface area contributed by atoms with Crippen molar-refractivity contribution >= 4 is 22.5 Å². The molecular weight excluding hydrogens is 456 g/mol. The molecule has 0 radical (unpaired) electrons. The Morgan fingerprint density at radius 1 is 0.917 bits per heavy atom. The van der Waals surface area contributed by atoms with Crippen LogP contribution >= 0.6 is 0 Å². The summed E-state index contributed by atoms with van der Waals surface area (Å²) in [5, 5.41) is 21.4. The first kappa shape index (κ1) is 23.6. The molecule has 36 heavy (non-hydrogen) atoms. The van der Waals surface area contributed by atoms with Gasteiger partial charge in [-0.05, 0) is 51.3 Å².